The van der Waals surface area contributed by atoms with Crippen molar-refractivity contribution in [3.63, 3.8) is 0 Å². The summed E-state index contributed by atoms with van der Waals surface area (Å²) < 4.78 is 7.21. The first-order valence-corrected chi connectivity index (χ1v) is 9.59. The Morgan fingerprint density at radius 2 is 1.69 bits per heavy atom. The third-order valence-electron chi connectivity index (χ3n) is 4.44. The first-order chi connectivity index (χ1) is 14.1. The minimum Gasteiger partial charge on any atom is -0.497 e. The monoisotopic (exact) mass is 449 g/mol. The van der Waals surface area contributed by atoms with E-state index in [0.717, 1.165) is 4.47 Å². The summed E-state index contributed by atoms with van der Waals surface area (Å²) in [5.74, 6) is 0.565. The van der Waals surface area contributed by atoms with Crippen molar-refractivity contribution >= 4 is 32.7 Å². The summed E-state index contributed by atoms with van der Waals surface area (Å²) in [5.41, 5.74) is 3.99. The molecule has 1 N–H and O–H groups in total. The molecule has 29 heavy (non-hydrogen) atoms. The first kappa shape index (κ1) is 18.9. The number of carbonyl (C=O) groups is 1. The zero-order valence-corrected chi connectivity index (χ0v) is 17.0. The Bertz CT molecular complexity index is 1250. The van der Waals surface area contributed by atoms with Gasteiger partial charge in [0.1, 0.15) is 5.75 Å². The van der Waals surface area contributed by atoms with Gasteiger partial charge in [0.2, 0.25) is 0 Å². The van der Waals surface area contributed by atoms with E-state index in [-0.39, 0.29) is 5.56 Å². The molecule has 4 aromatic rings. The number of carbonyl (C=O) groups excluding carboxylic acids is 1. The van der Waals surface area contributed by atoms with Gasteiger partial charge in [-0.1, -0.05) is 40.2 Å². The summed E-state index contributed by atoms with van der Waals surface area (Å²) in [6.07, 6.45) is 0. The molecule has 0 saturated carbocycles. The minimum absolute atomic E-state index is 0.350. The Hall–Kier alpha value is -3.45. The molecule has 1 amide bonds. The molecule has 1 aromatic heterocycles. The summed E-state index contributed by atoms with van der Waals surface area (Å²) >= 11 is 3.40. The van der Waals surface area contributed by atoms with Gasteiger partial charge in [0.05, 0.1) is 18.0 Å². The van der Waals surface area contributed by atoms with Gasteiger partial charge in [-0.05, 0) is 48.5 Å². The Kier molecular flexibility index (Phi) is 5.14. The van der Waals surface area contributed by atoms with Crippen LogP contribution in [0.15, 0.2) is 82.1 Å². The predicted octanol–water partition coefficient (Wildman–Crippen LogP) is 4.22. The van der Waals surface area contributed by atoms with Crippen LogP contribution in [0.5, 0.6) is 5.75 Å². The average molecular weight is 450 g/mol. The van der Waals surface area contributed by atoms with Crippen LogP contribution in [0.4, 0.5) is 0 Å². The van der Waals surface area contributed by atoms with Crippen LogP contribution in [-0.4, -0.2) is 22.7 Å². The Morgan fingerprint density at radius 3 is 2.38 bits per heavy atom. The van der Waals surface area contributed by atoms with Crippen molar-refractivity contribution in [1.82, 2.24) is 9.66 Å². The number of hydrogen-bond acceptors (Lipinski definition) is 4. The SMILES string of the molecule is COc1ccc(C(=O)Nn2c(-c3ccc(Br)cc3)nc3ccccc3c2=O)cc1. The van der Waals surface area contributed by atoms with E-state index in [1.807, 2.05) is 30.3 Å². The molecule has 0 atom stereocenters. The molecular weight excluding hydrogens is 434 g/mol. The fraction of sp³-hybridized carbons (Fsp3) is 0.0455. The number of nitrogens with one attached hydrogen (secondary N) is 1. The highest BCUT2D eigenvalue weighted by Gasteiger charge is 2.16. The van der Waals surface area contributed by atoms with Crippen molar-refractivity contribution in [3.8, 4) is 17.1 Å². The molecule has 0 aliphatic rings. The van der Waals surface area contributed by atoms with Crippen molar-refractivity contribution in [2.75, 3.05) is 12.5 Å². The van der Waals surface area contributed by atoms with Crippen molar-refractivity contribution in [2.24, 2.45) is 0 Å². The topological polar surface area (TPSA) is 73.2 Å². The predicted molar refractivity (Wildman–Crippen MR) is 116 cm³/mol. The van der Waals surface area contributed by atoms with Gasteiger partial charge >= 0.3 is 0 Å². The lowest BCUT2D eigenvalue weighted by atomic mass is 10.2. The largest absolute Gasteiger partial charge is 0.497 e. The van der Waals surface area contributed by atoms with E-state index in [0.29, 0.717) is 33.6 Å². The lowest BCUT2D eigenvalue weighted by molar-refractivity contribution is 0.101. The van der Waals surface area contributed by atoms with E-state index in [9.17, 15) is 9.59 Å². The van der Waals surface area contributed by atoms with E-state index in [1.54, 1.807) is 49.6 Å². The number of fused-ring (bicyclic) bond motifs is 1. The second-order valence-electron chi connectivity index (χ2n) is 6.27. The highest BCUT2D eigenvalue weighted by Crippen LogP contribution is 2.21. The standard InChI is InChI=1S/C22H16BrN3O3/c1-29-17-12-8-15(9-13-17)21(27)25-26-20(14-6-10-16(23)11-7-14)24-19-5-3-2-4-18(19)22(26)28/h2-13H,1H3,(H,25,27). The van der Waals surface area contributed by atoms with Crippen LogP contribution in [-0.2, 0) is 0 Å². The maximum Gasteiger partial charge on any atom is 0.280 e. The second-order valence-corrected chi connectivity index (χ2v) is 7.19. The van der Waals surface area contributed by atoms with Crippen molar-refractivity contribution in [2.45, 2.75) is 0 Å². The normalized spacial score (nSPS) is 10.7. The molecule has 0 radical (unpaired) electrons. The second kappa shape index (κ2) is 7.89. The van der Waals surface area contributed by atoms with Crippen LogP contribution < -0.4 is 15.7 Å². The quantitative estimate of drug-likeness (QED) is 0.506. The Morgan fingerprint density at radius 1 is 1.00 bits per heavy atom. The number of nitrogens with zero attached hydrogens (tertiary/aromatic N) is 2. The molecule has 0 aliphatic carbocycles. The summed E-state index contributed by atoms with van der Waals surface area (Å²) in [4.78, 5) is 30.6. The van der Waals surface area contributed by atoms with Gasteiger partial charge in [-0.15, -0.1) is 0 Å². The highest BCUT2D eigenvalue weighted by molar-refractivity contribution is 9.10. The molecule has 0 saturated heterocycles. The van der Waals surface area contributed by atoms with Gasteiger partial charge in [-0.25, -0.2) is 4.98 Å². The molecule has 0 aliphatic heterocycles. The summed E-state index contributed by atoms with van der Waals surface area (Å²) in [7, 11) is 1.56. The third-order valence-corrected chi connectivity index (χ3v) is 4.97. The van der Waals surface area contributed by atoms with Gasteiger partial charge in [0, 0.05) is 15.6 Å². The van der Waals surface area contributed by atoms with Crippen LogP contribution in [0.3, 0.4) is 0 Å². The molecule has 4 rings (SSSR count). The maximum absolute atomic E-state index is 13.1. The highest BCUT2D eigenvalue weighted by atomic mass is 79.9. The van der Waals surface area contributed by atoms with Gasteiger partial charge < -0.3 is 4.74 Å². The van der Waals surface area contributed by atoms with Crippen molar-refractivity contribution < 1.29 is 9.53 Å². The lowest BCUT2D eigenvalue weighted by Gasteiger charge is -2.15. The number of halogens is 1. The van der Waals surface area contributed by atoms with Gasteiger partial charge in [0.25, 0.3) is 11.5 Å². The molecule has 1 heterocycles. The van der Waals surface area contributed by atoms with E-state index in [4.69, 9.17) is 4.74 Å². The minimum atomic E-state index is -0.426. The van der Waals surface area contributed by atoms with Crippen molar-refractivity contribution in [1.29, 1.82) is 0 Å². The molecule has 6 nitrogen and oxygen atoms in total. The number of methoxy groups -OCH3 is 1. The van der Waals surface area contributed by atoms with Gasteiger partial charge in [0.15, 0.2) is 5.82 Å². The molecule has 0 fully saturated rings. The van der Waals surface area contributed by atoms with Crippen molar-refractivity contribution in [3.05, 3.63) is 93.2 Å². The summed E-state index contributed by atoms with van der Waals surface area (Å²) in [5, 5.41) is 0.420. The maximum atomic E-state index is 13.1. The van der Waals surface area contributed by atoms with Crippen LogP contribution >= 0.6 is 15.9 Å². The number of para-hydroxylation sites is 1. The number of ether oxygens (including phenoxy) is 1. The number of rotatable bonds is 4. The van der Waals surface area contributed by atoms with Gasteiger partial charge in [-0.3, -0.25) is 15.0 Å². The molecule has 3 aromatic carbocycles. The summed E-state index contributed by atoms with van der Waals surface area (Å²) in [6.45, 7) is 0. The Labute approximate surface area is 174 Å². The van der Waals surface area contributed by atoms with E-state index in [2.05, 4.69) is 26.3 Å². The Balaban J connectivity index is 1.83. The first-order valence-electron chi connectivity index (χ1n) is 8.80. The fourth-order valence-electron chi connectivity index (χ4n) is 2.94. The number of hydrogen-bond donors (Lipinski definition) is 1. The molecule has 0 spiro atoms. The van der Waals surface area contributed by atoms with Crippen LogP contribution in [0.25, 0.3) is 22.3 Å². The molecule has 0 bridgehead atoms. The third kappa shape index (κ3) is 3.77. The summed E-state index contributed by atoms with van der Waals surface area (Å²) in [6, 6.07) is 21.0. The molecule has 144 valence electrons. The zero-order chi connectivity index (χ0) is 20.4. The number of amides is 1. The number of aromatic nitrogens is 2. The van der Waals surface area contributed by atoms with Crippen LogP contribution in [0, 0.1) is 0 Å². The average Bonchev–Trinajstić information content (AvgIpc) is 2.76. The molecular formula is C22H16BrN3O3. The molecule has 7 heteroatoms. The fourth-order valence-corrected chi connectivity index (χ4v) is 3.20. The lowest BCUT2D eigenvalue weighted by Crippen LogP contribution is -2.35. The van der Waals surface area contributed by atoms with Gasteiger partial charge in [-0.2, -0.15) is 4.68 Å². The van der Waals surface area contributed by atoms with E-state index < -0.39 is 5.91 Å². The van der Waals surface area contributed by atoms with E-state index >= 15 is 0 Å². The zero-order valence-electron chi connectivity index (χ0n) is 15.4. The smallest absolute Gasteiger partial charge is 0.280 e. The number of benzene rings is 3. The molecule has 0 unspecified atom stereocenters. The van der Waals surface area contributed by atoms with Crippen LogP contribution in [0.1, 0.15) is 10.4 Å². The van der Waals surface area contributed by atoms with Crippen LogP contribution in [0.2, 0.25) is 0 Å². The van der Waals surface area contributed by atoms with E-state index in [1.165, 1.54) is 4.68 Å².